The highest BCUT2D eigenvalue weighted by molar-refractivity contribution is 7.98. The lowest BCUT2D eigenvalue weighted by molar-refractivity contribution is -0.117. The van der Waals surface area contributed by atoms with Crippen LogP contribution in [0.15, 0.2) is 18.2 Å². The van der Waals surface area contributed by atoms with Gasteiger partial charge in [-0.3, -0.25) is 14.8 Å². The number of hydrogen-bond acceptors (Lipinski definition) is 5. The first-order valence-electron chi connectivity index (χ1n) is 5.80. The molecule has 2 amide bonds. The van der Waals surface area contributed by atoms with Crippen molar-refractivity contribution in [2.24, 2.45) is 0 Å². The van der Waals surface area contributed by atoms with Crippen LogP contribution in [0, 0.1) is 0 Å². The van der Waals surface area contributed by atoms with Crippen molar-refractivity contribution >= 4 is 35.0 Å². The molecular weight excluding hydrogens is 266 g/mol. The molecule has 1 aliphatic rings. The Morgan fingerprint density at radius 2 is 2.26 bits per heavy atom. The third-order valence-corrected chi connectivity index (χ3v) is 3.54. The number of fused-ring (bicyclic) bond motifs is 1. The molecule has 1 atom stereocenters. The van der Waals surface area contributed by atoms with Crippen LogP contribution in [-0.4, -0.2) is 35.1 Å². The number of hydrogen-bond donors (Lipinski definition) is 4. The number of nitrogens with one attached hydrogen (secondary N) is 3. The highest BCUT2D eigenvalue weighted by atomic mass is 32.2. The third kappa shape index (κ3) is 2.99. The Kier molecular flexibility index (Phi) is 4.28. The lowest BCUT2D eigenvalue weighted by Gasteiger charge is -2.27. The topological polar surface area (TPSA) is 90.5 Å². The number of hydroxylamine groups is 1. The lowest BCUT2D eigenvalue weighted by Crippen LogP contribution is -2.39. The molecule has 102 valence electrons. The summed E-state index contributed by atoms with van der Waals surface area (Å²) < 4.78 is 0. The number of anilines is 2. The molecule has 0 bridgehead atoms. The van der Waals surface area contributed by atoms with Crippen LogP contribution in [0.4, 0.5) is 11.4 Å². The molecule has 7 heteroatoms. The normalized spacial score (nSPS) is 17.2. The van der Waals surface area contributed by atoms with Crippen molar-refractivity contribution < 1.29 is 14.8 Å². The van der Waals surface area contributed by atoms with Gasteiger partial charge in [-0.05, 0) is 36.6 Å². The average Bonchev–Trinajstić information content (AvgIpc) is 2.43. The van der Waals surface area contributed by atoms with E-state index in [0.717, 1.165) is 17.9 Å². The summed E-state index contributed by atoms with van der Waals surface area (Å²) in [7, 11) is 0. The van der Waals surface area contributed by atoms with Gasteiger partial charge in [-0.15, -0.1) is 0 Å². The highest BCUT2D eigenvalue weighted by Gasteiger charge is 2.25. The molecule has 2 rings (SSSR count). The molecule has 1 heterocycles. The Morgan fingerprint density at radius 3 is 2.95 bits per heavy atom. The van der Waals surface area contributed by atoms with Crippen LogP contribution in [-0.2, 0) is 4.79 Å². The van der Waals surface area contributed by atoms with Crippen LogP contribution in [0.25, 0.3) is 0 Å². The molecule has 0 saturated carbocycles. The van der Waals surface area contributed by atoms with Crippen LogP contribution in [0.2, 0.25) is 0 Å². The summed E-state index contributed by atoms with van der Waals surface area (Å²) >= 11 is 1.69. The fourth-order valence-electron chi connectivity index (χ4n) is 1.89. The number of thioether (sulfide) groups is 1. The van der Waals surface area contributed by atoms with E-state index in [1.54, 1.807) is 29.4 Å². The van der Waals surface area contributed by atoms with Crippen LogP contribution >= 0.6 is 11.8 Å². The molecule has 0 aromatic heterocycles. The van der Waals surface area contributed by atoms with Crippen molar-refractivity contribution in [2.75, 3.05) is 22.6 Å². The smallest absolute Gasteiger partial charge is 0.274 e. The molecule has 1 aromatic rings. The largest absolute Gasteiger partial charge is 0.372 e. The second kappa shape index (κ2) is 5.94. The van der Waals surface area contributed by atoms with Gasteiger partial charge in [0, 0.05) is 5.56 Å². The number of amides is 2. The molecule has 0 fully saturated rings. The Bertz CT molecular complexity index is 507. The Labute approximate surface area is 114 Å². The Hall–Kier alpha value is -1.73. The second-order valence-corrected chi connectivity index (χ2v) is 5.15. The SMILES string of the molecule is CSCC[C@@H]1Nc2ccc(C(=O)NO)cc2NC1=O. The van der Waals surface area contributed by atoms with Gasteiger partial charge in [-0.2, -0.15) is 11.8 Å². The van der Waals surface area contributed by atoms with Crippen LogP contribution in [0.3, 0.4) is 0 Å². The van der Waals surface area contributed by atoms with Crippen molar-refractivity contribution in [2.45, 2.75) is 12.5 Å². The molecule has 0 spiro atoms. The molecule has 1 aromatic carbocycles. The summed E-state index contributed by atoms with van der Waals surface area (Å²) in [5, 5.41) is 14.5. The van der Waals surface area contributed by atoms with E-state index < -0.39 is 5.91 Å². The third-order valence-electron chi connectivity index (χ3n) is 2.90. The minimum absolute atomic E-state index is 0.108. The van der Waals surface area contributed by atoms with E-state index >= 15 is 0 Å². The maximum Gasteiger partial charge on any atom is 0.274 e. The zero-order chi connectivity index (χ0) is 13.8. The minimum atomic E-state index is -0.610. The van der Waals surface area contributed by atoms with Gasteiger partial charge in [0.25, 0.3) is 5.91 Å². The minimum Gasteiger partial charge on any atom is -0.372 e. The predicted molar refractivity (Wildman–Crippen MR) is 74.7 cm³/mol. The quantitative estimate of drug-likeness (QED) is 0.493. The Balaban J connectivity index is 2.18. The molecule has 0 aliphatic carbocycles. The fraction of sp³-hybridized carbons (Fsp3) is 0.333. The predicted octanol–water partition coefficient (Wildman–Crippen LogP) is 1.29. The van der Waals surface area contributed by atoms with Gasteiger partial charge in [-0.1, -0.05) is 0 Å². The summed E-state index contributed by atoms with van der Waals surface area (Å²) in [5.41, 5.74) is 3.17. The van der Waals surface area contributed by atoms with Crippen molar-refractivity contribution in [1.82, 2.24) is 5.48 Å². The summed E-state index contributed by atoms with van der Waals surface area (Å²) in [6.45, 7) is 0. The molecule has 0 radical (unpaired) electrons. The molecular formula is C12H15N3O3S. The second-order valence-electron chi connectivity index (χ2n) is 4.17. The van der Waals surface area contributed by atoms with Gasteiger partial charge in [0.2, 0.25) is 5.91 Å². The Morgan fingerprint density at radius 1 is 1.47 bits per heavy atom. The first kappa shape index (κ1) is 13.7. The van der Waals surface area contributed by atoms with Crippen molar-refractivity contribution in [3.63, 3.8) is 0 Å². The van der Waals surface area contributed by atoms with E-state index in [0.29, 0.717) is 5.69 Å². The summed E-state index contributed by atoms with van der Waals surface area (Å²) in [6.07, 6.45) is 2.74. The number of carbonyl (C=O) groups excluding carboxylic acids is 2. The van der Waals surface area contributed by atoms with Gasteiger partial charge in [0.15, 0.2) is 0 Å². The van der Waals surface area contributed by atoms with E-state index in [1.165, 1.54) is 6.07 Å². The first-order valence-corrected chi connectivity index (χ1v) is 7.20. The zero-order valence-corrected chi connectivity index (χ0v) is 11.2. The lowest BCUT2D eigenvalue weighted by atomic mass is 10.1. The van der Waals surface area contributed by atoms with E-state index in [9.17, 15) is 9.59 Å². The van der Waals surface area contributed by atoms with Gasteiger partial charge in [0.1, 0.15) is 6.04 Å². The van der Waals surface area contributed by atoms with Gasteiger partial charge in [0.05, 0.1) is 11.4 Å². The van der Waals surface area contributed by atoms with Crippen LogP contribution in [0.5, 0.6) is 0 Å². The molecule has 1 aliphatic heterocycles. The van der Waals surface area contributed by atoms with E-state index in [4.69, 9.17) is 5.21 Å². The van der Waals surface area contributed by atoms with Crippen molar-refractivity contribution in [3.8, 4) is 0 Å². The van der Waals surface area contributed by atoms with Gasteiger partial charge < -0.3 is 10.6 Å². The average molecular weight is 281 g/mol. The van der Waals surface area contributed by atoms with Crippen LogP contribution < -0.4 is 16.1 Å². The number of benzene rings is 1. The molecule has 0 saturated heterocycles. The number of carbonyl (C=O) groups is 2. The van der Waals surface area contributed by atoms with Gasteiger partial charge >= 0.3 is 0 Å². The van der Waals surface area contributed by atoms with Gasteiger partial charge in [-0.25, -0.2) is 5.48 Å². The maximum atomic E-state index is 11.9. The fourth-order valence-corrected chi connectivity index (χ4v) is 2.36. The van der Waals surface area contributed by atoms with E-state index in [2.05, 4.69) is 10.6 Å². The zero-order valence-electron chi connectivity index (χ0n) is 10.4. The molecule has 4 N–H and O–H groups in total. The van der Waals surface area contributed by atoms with Crippen LogP contribution in [0.1, 0.15) is 16.8 Å². The summed E-state index contributed by atoms with van der Waals surface area (Å²) in [4.78, 5) is 23.2. The standard InChI is InChI=1S/C12H15N3O3S/c1-19-5-4-9-12(17)14-10-6-7(11(16)15-18)2-3-8(10)13-9/h2-3,6,9,13,18H,4-5H2,1H3,(H,14,17)(H,15,16)/t9-/m0/s1. The first-order chi connectivity index (χ1) is 9.15. The highest BCUT2D eigenvalue weighted by Crippen LogP contribution is 2.28. The molecule has 6 nitrogen and oxygen atoms in total. The summed E-state index contributed by atoms with van der Waals surface area (Å²) in [6, 6.07) is 4.57. The maximum absolute atomic E-state index is 11.9. The molecule has 0 unspecified atom stereocenters. The van der Waals surface area contributed by atoms with Crippen molar-refractivity contribution in [1.29, 1.82) is 0 Å². The number of rotatable bonds is 4. The monoisotopic (exact) mass is 281 g/mol. The van der Waals surface area contributed by atoms with E-state index in [1.807, 2.05) is 6.26 Å². The summed E-state index contributed by atoms with van der Waals surface area (Å²) in [5.74, 6) is 0.176. The van der Waals surface area contributed by atoms with Crippen molar-refractivity contribution in [3.05, 3.63) is 23.8 Å². The molecule has 19 heavy (non-hydrogen) atoms. The van der Waals surface area contributed by atoms with E-state index in [-0.39, 0.29) is 17.5 Å².